The maximum atomic E-state index is 13.8. The number of hydrogen-bond donors (Lipinski definition) is 1. The second-order valence-electron chi connectivity index (χ2n) is 10.6. The molecule has 0 saturated carbocycles. The summed E-state index contributed by atoms with van der Waals surface area (Å²) in [6, 6.07) is 24.1. The number of halogens is 1. The van der Waals surface area contributed by atoms with Crippen LogP contribution in [0.3, 0.4) is 0 Å². The van der Waals surface area contributed by atoms with E-state index in [9.17, 15) is 14.0 Å². The lowest BCUT2D eigenvalue weighted by atomic mass is 10.1. The van der Waals surface area contributed by atoms with Crippen molar-refractivity contribution in [2.45, 2.75) is 38.4 Å². The predicted octanol–water partition coefficient (Wildman–Crippen LogP) is 3.89. The summed E-state index contributed by atoms with van der Waals surface area (Å²) in [5.41, 5.74) is 4.09. The van der Waals surface area contributed by atoms with Gasteiger partial charge in [-0.1, -0.05) is 60.2 Å². The quantitative estimate of drug-likeness (QED) is 0.482. The Kier molecular flexibility index (Phi) is 8.69. The fraction of sp³-hybridized carbons (Fsp3) is 0.375. The lowest BCUT2D eigenvalue weighted by Gasteiger charge is -2.32. The SMILES string of the molecule is Cc1ccc(CN(CCc2ccccc2)C2CC(C(=O)N3CCNCC3)N(C(=O)c3ccc(F)cc3)C2)cc1. The third kappa shape index (κ3) is 6.72. The van der Waals surface area contributed by atoms with Crippen LogP contribution in [-0.4, -0.2) is 77.9 Å². The van der Waals surface area contributed by atoms with Crippen molar-refractivity contribution in [2.24, 2.45) is 0 Å². The van der Waals surface area contributed by atoms with Gasteiger partial charge in [0.1, 0.15) is 11.9 Å². The molecule has 0 radical (unpaired) electrons. The van der Waals surface area contributed by atoms with Gasteiger partial charge < -0.3 is 15.1 Å². The predicted molar refractivity (Wildman–Crippen MR) is 151 cm³/mol. The normalized spacial score (nSPS) is 19.5. The van der Waals surface area contributed by atoms with E-state index in [1.165, 1.54) is 41.0 Å². The monoisotopic (exact) mass is 528 g/mol. The van der Waals surface area contributed by atoms with Crippen molar-refractivity contribution in [1.29, 1.82) is 0 Å². The first-order valence-electron chi connectivity index (χ1n) is 13.9. The van der Waals surface area contributed by atoms with Crippen LogP contribution in [0.5, 0.6) is 0 Å². The molecule has 2 atom stereocenters. The van der Waals surface area contributed by atoms with E-state index in [1.807, 2.05) is 11.0 Å². The Bertz CT molecular complexity index is 1240. The highest BCUT2D eigenvalue weighted by molar-refractivity contribution is 5.98. The van der Waals surface area contributed by atoms with Crippen LogP contribution in [0.25, 0.3) is 0 Å². The van der Waals surface area contributed by atoms with Crippen LogP contribution in [0.2, 0.25) is 0 Å². The number of aryl methyl sites for hydroxylation is 1. The molecule has 2 aliphatic heterocycles. The summed E-state index contributed by atoms with van der Waals surface area (Å²) < 4.78 is 13.6. The molecular formula is C32H37FN4O2. The summed E-state index contributed by atoms with van der Waals surface area (Å²) in [6.45, 7) is 6.88. The Morgan fingerprint density at radius 1 is 0.923 bits per heavy atom. The van der Waals surface area contributed by atoms with E-state index in [-0.39, 0.29) is 23.7 Å². The van der Waals surface area contributed by atoms with E-state index in [0.717, 1.165) is 32.6 Å². The molecule has 3 aromatic rings. The lowest BCUT2D eigenvalue weighted by molar-refractivity contribution is -0.135. The fourth-order valence-corrected chi connectivity index (χ4v) is 5.63. The van der Waals surface area contributed by atoms with E-state index in [0.29, 0.717) is 31.6 Å². The highest BCUT2D eigenvalue weighted by Gasteiger charge is 2.43. The van der Waals surface area contributed by atoms with Crippen molar-refractivity contribution in [2.75, 3.05) is 39.3 Å². The molecule has 2 aliphatic rings. The third-order valence-corrected chi connectivity index (χ3v) is 7.90. The van der Waals surface area contributed by atoms with Gasteiger partial charge in [-0.05, 0) is 55.2 Å². The van der Waals surface area contributed by atoms with Gasteiger partial charge in [0.15, 0.2) is 0 Å². The number of benzene rings is 3. The number of carbonyl (C=O) groups excluding carboxylic acids is 2. The molecule has 2 unspecified atom stereocenters. The average molecular weight is 529 g/mol. The standard InChI is InChI=1S/C32H37FN4O2/c1-24-7-9-26(10-8-24)22-36(18-15-25-5-3-2-4-6-25)29-21-30(32(39)35-19-16-34-17-20-35)37(23-29)31(38)27-11-13-28(33)14-12-27/h2-14,29-30,34H,15-23H2,1H3. The number of hydrogen-bond acceptors (Lipinski definition) is 4. The smallest absolute Gasteiger partial charge is 0.254 e. The Hall–Kier alpha value is -3.55. The minimum absolute atomic E-state index is 0.00723. The molecular weight excluding hydrogens is 491 g/mol. The minimum atomic E-state index is -0.539. The molecule has 5 rings (SSSR count). The highest BCUT2D eigenvalue weighted by Crippen LogP contribution is 2.28. The van der Waals surface area contributed by atoms with Crippen LogP contribution in [0.15, 0.2) is 78.9 Å². The fourth-order valence-electron chi connectivity index (χ4n) is 5.63. The van der Waals surface area contributed by atoms with Crippen molar-refractivity contribution >= 4 is 11.8 Å². The van der Waals surface area contributed by atoms with Crippen molar-refractivity contribution in [3.8, 4) is 0 Å². The molecule has 2 amide bonds. The summed E-state index contributed by atoms with van der Waals surface area (Å²) in [4.78, 5) is 33.5. The first-order chi connectivity index (χ1) is 19.0. The molecule has 1 N–H and O–H groups in total. The molecule has 0 spiro atoms. The first-order valence-corrected chi connectivity index (χ1v) is 13.9. The van der Waals surface area contributed by atoms with Crippen molar-refractivity contribution in [1.82, 2.24) is 20.0 Å². The molecule has 0 aliphatic carbocycles. The number of carbonyl (C=O) groups is 2. The maximum absolute atomic E-state index is 13.8. The average Bonchev–Trinajstić information content (AvgIpc) is 3.42. The van der Waals surface area contributed by atoms with Crippen molar-refractivity contribution in [3.05, 3.63) is 107 Å². The van der Waals surface area contributed by atoms with Gasteiger partial charge in [0.2, 0.25) is 5.91 Å². The van der Waals surface area contributed by atoms with Crippen LogP contribution in [0.1, 0.15) is 33.5 Å². The minimum Gasteiger partial charge on any atom is -0.338 e. The van der Waals surface area contributed by atoms with Crippen LogP contribution >= 0.6 is 0 Å². The van der Waals surface area contributed by atoms with E-state index in [1.54, 1.807) is 4.90 Å². The van der Waals surface area contributed by atoms with E-state index in [4.69, 9.17) is 0 Å². The molecule has 39 heavy (non-hydrogen) atoms. The van der Waals surface area contributed by atoms with Crippen LogP contribution in [0.4, 0.5) is 4.39 Å². The number of likely N-dealkylation sites (tertiary alicyclic amines) is 1. The first kappa shape index (κ1) is 27.0. The van der Waals surface area contributed by atoms with Gasteiger partial charge in [-0.3, -0.25) is 14.5 Å². The van der Waals surface area contributed by atoms with Gasteiger partial charge in [-0.15, -0.1) is 0 Å². The number of rotatable bonds is 8. The Balaban J connectivity index is 1.41. The number of amides is 2. The number of nitrogens with zero attached hydrogens (tertiary/aromatic N) is 3. The maximum Gasteiger partial charge on any atom is 0.254 e. The van der Waals surface area contributed by atoms with Crippen molar-refractivity contribution < 1.29 is 14.0 Å². The van der Waals surface area contributed by atoms with Gasteiger partial charge in [0.25, 0.3) is 5.91 Å². The molecule has 0 bridgehead atoms. The molecule has 3 aromatic carbocycles. The van der Waals surface area contributed by atoms with E-state index in [2.05, 4.69) is 65.7 Å². The summed E-state index contributed by atoms with van der Waals surface area (Å²) in [5.74, 6) is -0.596. The summed E-state index contributed by atoms with van der Waals surface area (Å²) in [6.07, 6.45) is 1.46. The molecule has 7 heteroatoms. The van der Waals surface area contributed by atoms with Crippen LogP contribution in [0, 0.1) is 12.7 Å². The molecule has 2 heterocycles. The highest BCUT2D eigenvalue weighted by atomic mass is 19.1. The second kappa shape index (κ2) is 12.5. The van der Waals surface area contributed by atoms with Gasteiger partial charge in [0.05, 0.1) is 0 Å². The van der Waals surface area contributed by atoms with Gasteiger partial charge in [-0.2, -0.15) is 0 Å². The largest absolute Gasteiger partial charge is 0.338 e. The second-order valence-corrected chi connectivity index (χ2v) is 10.6. The van der Waals surface area contributed by atoms with Gasteiger partial charge in [-0.25, -0.2) is 4.39 Å². The molecule has 2 saturated heterocycles. The summed E-state index contributed by atoms with van der Waals surface area (Å²) >= 11 is 0. The van der Waals surface area contributed by atoms with Crippen LogP contribution < -0.4 is 5.32 Å². The molecule has 6 nitrogen and oxygen atoms in total. The van der Waals surface area contributed by atoms with Gasteiger partial charge in [0, 0.05) is 57.4 Å². The topological polar surface area (TPSA) is 55.9 Å². The lowest BCUT2D eigenvalue weighted by Crippen LogP contribution is -2.53. The van der Waals surface area contributed by atoms with Gasteiger partial charge >= 0.3 is 0 Å². The molecule has 204 valence electrons. The Morgan fingerprint density at radius 3 is 2.31 bits per heavy atom. The van der Waals surface area contributed by atoms with E-state index >= 15 is 0 Å². The third-order valence-electron chi connectivity index (χ3n) is 7.90. The Labute approximate surface area is 230 Å². The summed E-state index contributed by atoms with van der Waals surface area (Å²) in [5, 5.41) is 3.30. The molecule has 2 fully saturated rings. The zero-order chi connectivity index (χ0) is 27.2. The number of piperazine rings is 1. The Morgan fingerprint density at radius 2 is 1.62 bits per heavy atom. The zero-order valence-corrected chi connectivity index (χ0v) is 22.6. The number of nitrogens with one attached hydrogen (secondary N) is 1. The zero-order valence-electron chi connectivity index (χ0n) is 22.6. The molecule has 0 aromatic heterocycles. The van der Waals surface area contributed by atoms with Crippen molar-refractivity contribution in [3.63, 3.8) is 0 Å². The van der Waals surface area contributed by atoms with E-state index < -0.39 is 6.04 Å². The summed E-state index contributed by atoms with van der Waals surface area (Å²) in [7, 11) is 0. The van der Waals surface area contributed by atoms with Crippen LogP contribution in [-0.2, 0) is 17.8 Å².